The van der Waals surface area contributed by atoms with Crippen molar-refractivity contribution >= 4 is 23.1 Å². The molecule has 17 heavy (non-hydrogen) atoms. The van der Waals surface area contributed by atoms with Crippen molar-refractivity contribution in [2.75, 3.05) is 13.1 Å². The van der Waals surface area contributed by atoms with E-state index in [9.17, 15) is 9.90 Å². The number of likely N-dealkylation sites (tertiary alicyclic amines) is 1. The molecule has 0 bridgehead atoms. The molecule has 0 aliphatic carbocycles. The van der Waals surface area contributed by atoms with Crippen molar-refractivity contribution in [3.05, 3.63) is 29.6 Å². The van der Waals surface area contributed by atoms with Crippen LogP contribution in [0.25, 0.3) is 0 Å². The van der Waals surface area contributed by atoms with Gasteiger partial charge in [0.25, 0.3) is 5.91 Å². The summed E-state index contributed by atoms with van der Waals surface area (Å²) in [4.78, 5) is 17.8. The van der Waals surface area contributed by atoms with Gasteiger partial charge in [0.15, 0.2) is 0 Å². The van der Waals surface area contributed by atoms with Gasteiger partial charge < -0.3 is 15.7 Å². The molecule has 1 atom stereocenters. The molecule has 2 heterocycles. The molecule has 1 aliphatic heterocycles. The van der Waals surface area contributed by atoms with E-state index in [0.29, 0.717) is 30.8 Å². The first kappa shape index (κ1) is 11.9. The summed E-state index contributed by atoms with van der Waals surface area (Å²) in [6.45, 7) is 0.941. The van der Waals surface area contributed by atoms with Crippen LogP contribution < -0.4 is 5.73 Å². The Morgan fingerprint density at radius 1 is 1.59 bits per heavy atom. The van der Waals surface area contributed by atoms with Crippen LogP contribution in [0, 0.1) is 0 Å². The van der Waals surface area contributed by atoms with Crippen LogP contribution in [0.3, 0.4) is 0 Å². The third kappa shape index (κ3) is 2.59. The molecule has 0 aromatic carbocycles. The van der Waals surface area contributed by atoms with Crippen LogP contribution in [0.4, 0.5) is 0 Å². The van der Waals surface area contributed by atoms with Gasteiger partial charge in [0.2, 0.25) is 0 Å². The second-order valence-electron chi connectivity index (χ2n) is 3.99. The maximum atomic E-state index is 12.0. The fourth-order valence-corrected chi connectivity index (χ4v) is 1.88. The number of nitrogens with two attached hydrogens (primary N) is 1. The van der Waals surface area contributed by atoms with Gasteiger partial charge in [-0.25, -0.2) is 0 Å². The van der Waals surface area contributed by atoms with E-state index in [1.165, 1.54) is 6.20 Å². The van der Waals surface area contributed by atoms with Crippen molar-refractivity contribution in [2.24, 2.45) is 5.73 Å². The van der Waals surface area contributed by atoms with E-state index in [-0.39, 0.29) is 10.9 Å². The standard InChI is InChI=1S/C11H13N3O2S/c12-10(17)7-1-2-9(13-5-7)11(16)14-4-3-8(15)6-14/h1-2,5,8,15H,3-4,6H2,(H2,12,17). The van der Waals surface area contributed by atoms with Crippen molar-refractivity contribution in [2.45, 2.75) is 12.5 Å². The van der Waals surface area contributed by atoms with Crippen molar-refractivity contribution in [1.29, 1.82) is 0 Å². The molecule has 1 unspecified atom stereocenters. The van der Waals surface area contributed by atoms with E-state index in [0.717, 1.165) is 0 Å². The third-order valence-electron chi connectivity index (χ3n) is 2.72. The number of pyridine rings is 1. The highest BCUT2D eigenvalue weighted by Gasteiger charge is 2.25. The predicted molar refractivity (Wildman–Crippen MR) is 66.7 cm³/mol. The summed E-state index contributed by atoms with van der Waals surface area (Å²) in [5.41, 5.74) is 6.43. The highest BCUT2D eigenvalue weighted by Crippen LogP contribution is 2.12. The fraction of sp³-hybridized carbons (Fsp3) is 0.364. The number of aromatic nitrogens is 1. The third-order valence-corrected chi connectivity index (χ3v) is 2.95. The number of carbonyl (C=O) groups excluding carboxylic acids is 1. The number of thiocarbonyl (C=S) groups is 1. The van der Waals surface area contributed by atoms with Crippen molar-refractivity contribution in [3.8, 4) is 0 Å². The zero-order chi connectivity index (χ0) is 12.4. The number of nitrogens with zero attached hydrogens (tertiary/aromatic N) is 2. The maximum Gasteiger partial charge on any atom is 0.272 e. The van der Waals surface area contributed by atoms with Gasteiger partial charge in [-0.3, -0.25) is 9.78 Å². The number of amides is 1. The van der Waals surface area contributed by atoms with Crippen LogP contribution in [-0.2, 0) is 0 Å². The van der Waals surface area contributed by atoms with Crippen LogP contribution >= 0.6 is 12.2 Å². The Hall–Kier alpha value is -1.53. The van der Waals surface area contributed by atoms with E-state index < -0.39 is 6.10 Å². The molecule has 1 aliphatic rings. The van der Waals surface area contributed by atoms with Crippen molar-refractivity contribution in [3.63, 3.8) is 0 Å². The smallest absolute Gasteiger partial charge is 0.272 e. The summed E-state index contributed by atoms with van der Waals surface area (Å²) in [6.07, 6.45) is 1.69. The summed E-state index contributed by atoms with van der Waals surface area (Å²) in [6, 6.07) is 3.27. The van der Waals surface area contributed by atoms with Gasteiger partial charge in [0, 0.05) is 24.8 Å². The largest absolute Gasteiger partial charge is 0.391 e. The molecule has 0 radical (unpaired) electrons. The Morgan fingerprint density at radius 3 is 2.82 bits per heavy atom. The molecule has 1 aromatic rings. The highest BCUT2D eigenvalue weighted by atomic mass is 32.1. The quantitative estimate of drug-likeness (QED) is 0.719. The summed E-state index contributed by atoms with van der Waals surface area (Å²) in [7, 11) is 0. The Labute approximate surface area is 104 Å². The minimum absolute atomic E-state index is 0.170. The van der Waals surface area contributed by atoms with E-state index in [2.05, 4.69) is 4.98 Å². The molecule has 6 heteroatoms. The second-order valence-corrected chi connectivity index (χ2v) is 4.43. The lowest BCUT2D eigenvalue weighted by molar-refractivity contribution is 0.0759. The van der Waals surface area contributed by atoms with Gasteiger partial charge in [-0.05, 0) is 18.6 Å². The molecule has 1 aromatic heterocycles. The average molecular weight is 251 g/mol. The number of hydrogen-bond donors (Lipinski definition) is 2. The average Bonchev–Trinajstić information content (AvgIpc) is 2.75. The molecule has 90 valence electrons. The Balaban J connectivity index is 2.12. The van der Waals surface area contributed by atoms with Crippen molar-refractivity contribution < 1.29 is 9.90 Å². The van der Waals surface area contributed by atoms with Crippen LogP contribution in [-0.4, -0.2) is 45.1 Å². The molecule has 3 N–H and O–H groups in total. The Morgan fingerprint density at radius 2 is 2.35 bits per heavy atom. The van der Waals surface area contributed by atoms with Crippen LogP contribution in [0.5, 0.6) is 0 Å². The molecule has 0 saturated carbocycles. The molecular weight excluding hydrogens is 238 g/mol. The minimum atomic E-state index is -0.421. The van der Waals surface area contributed by atoms with Crippen LogP contribution in [0.15, 0.2) is 18.3 Å². The SMILES string of the molecule is NC(=S)c1ccc(C(=O)N2CCC(O)C2)nc1. The van der Waals surface area contributed by atoms with E-state index in [4.69, 9.17) is 18.0 Å². The first-order valence-electron chi connectivity index (χ1n) is 5.31. The molecule has 0 spiro atoms. The first-order valence-corrected chi connectivity index (χ1v) is 5.72. The van der Waals surface area contributed by atoms with Gasteiger partial charge in [-0.1, -0.05) is 12.2 Å². The lowest BCUT2D eigenvalue weighted by Crippen LogP contribution is -2.30. The lowest BCUT2D eigenvalue weighted by atomic mass is 10.2. The molecule has 5 nitrogen and oxygen atoms in total. The predicted octanol–water partition coefficient (Wildman–Crippen LogP) is -0.0774. The van der Waals surface area contributed by atoms with Gasteiger partial charge in [-0.15, -0.1) is 0 Å². The number of β-amino-alcohol motifs (C(OH)–C–C–N with tert-alkyl or cyclic N) is 1. The molecule has 1 saturated heterocycles. The number of hydrogen-bond acceptors (Lipinski definition) is 4. The Bertz CT molecular complexity index is 447. The fourth-order valence-electron chi connectivity index (χ4n) is 1.75. The molecule has 1 fully saturated rings. The zero-order valence-electron chi connectivity index (χ0n) is 9.17. The van der Waals surface area contributed by atoms with Gasteiger partial charge in [-0.2, -0.15) is 0 Å². The molecule has 2 rings (SSSR count). The summed E-state index contributed by atoms with van der Waals surface area (Å²) >= 11 is 4.80. The first-order chi connectivity index (χ1) is 8.08. The summed E-state index contributed by atoms with van der Waals surface area (Å²) in [5.74, 6) is -0.170. The van der Waals surface area contributed by atoms with E-state index in [1.807, 2.05) is 0 Å². The van der Waals surface area contributed by atoms with E-state index in [1.54, 1.807) is 17.0 Å². The number of aliphatic hydroxyl groups excluding tert-OH is 1. The number of rotatable bonds is 2. The summed E-state index contributed by atoms with van der Waals surface area (Å²) in [5, 5.41) is 9.36. The maximum absolute atomic E-state index is 12.0. The van der Waals surface area contributed by atoms with E-state index >= 15 is 0 Å². The number of carbonyl (C=O) groups is 1. The van der Waals surface area contributed by atoms with Crippen LogP contribution in [0.1, 0.15) is 22.5 Å². The lowest BCUT2D eigenvalue weighted by Gasteiger charge is -2.14. The zero-order valence-corrected chi connectivity index (χ0v) is 9.98. The van der Waals surface area contributed by atoms with Gasteiger partial charge in [0.1, 0.15) is 10.7 Å². The van der Waals surface area contributed by atoms with Crippen molar-refractivity contribution in [1.82, 2.24) is 9.88 Å². The Kier molecular flexibility index (Phi) is 3.35. The number of aliphatic hydroxyl groups is 1. The van der Waals surface area contributed by atoms with Gasteiger partial charge in [0.05, 0.1) is 6.10 Å². The normalized spacial score (nSPS) is 19.4. The topological polar surface area (TPSA) is 79.5 Å². The monoisotopic (exact) mass is 251 g/mol. The molecular formula is C11H13N3O2S. The second kappa shape index (κ2) is 4.77. The van der Waals surface area contributed by atoms with Crippen LogP contribution in [0.2, 0.25) is 0 Å². The van der Waals surface area contributed by atoms with Gasteiger partial charge >= 0.3 is 0 Å². The molecule has 1 amide bonds. The minimum Gasteiger partial charge on any atom is -0.391 e. The highest BCUT2D eigenvalue weighted by molar-refractivity contribution is 7.80. The summed E-state index contributed by atoms with van der Waals surface area (Å²) < 4.78 is 0.